The first-order valence-corrected chi connectivity index (χ1v) is 8.28. The van der Waals surface area contributed by atoms with Gasteiger partial charge in [-0.1, -0.05) is 42.6 Å². The molecule has 21 heavy (non-hydrogen) atoms. The molecule has 0 aliphatic heterocycles. The fourth-order valence-electron chi connectivity index (χ4n) is 3.38. The highest BCUT2D eigenvalue weighted by atomic mass is 35.5. The van der Waals surface area contributed by atoms with Gasteiger partial charge in [-0.25, -0.2) is 0 Å². The van der Waals surface area contributed by atoms with Gasteiger partial charge in [0.05, 0.1) is 6.42 Å². The SMILES string of the molecule is CCN(C(=O)Cc1ccccc1Cl)C1CCCCC1CN. The molecule has 0 aromatic heterocycles. The van der Waals surface area contributed by atoms with Crippen molar-refractivity contribution in [3.8, 4) is 0 Å². The summed E-state index contributed by atoms with van der Waals surface area (Å²) in [4.78, 5) is 14.7. The van der Waals surface area contributed by atoms with Crippen molar-refractivity contribution in [3.05, 3.63) is 34.9 Å². The average Bonchev–Trinajstić information content (AvgIpc) is 2.51. The number of amides is 1. The molecular weight excluding hydrogens is 284 g/mol. The van der Waals surface area contributed by atoms with E-state index in [0.29, 0.717) is 29.9 Å². The van der Waals surface area contributed by atoms with Crippen molar-refractivity contribution in [1.29, 1.82) is 0 Å². The van der Waals surface area contributed by atoms with Crippen molar-refractivity contribution in [3.63, 3.8) is 0 Å². The number of hydrogen-bond acceptors (Lipinski definition) is 2. The van der Waals surface area contributed by atoms with Gasteiger partial charge in [0.25, 0.3) is 0 Å². The second-order valence-corrected chi connectivity index (χ2v) is 6.20. The zero-order chi connectivity index (χ0) is 15.2. The first-order chi connectivity index (χ1) is 10.2. The van der Waals surface area contributed by atoms with Crippen LogP contribution in [0.25, 0.3) is 0 Å². The van der Waals surface area contributed by atoms with Gasteiger partial charge in [-0.05, 0) is 43.9 Å². The monoisotopic (exact) mass is 308 g/mol. The summed E-state index contributed by atoms with van der Waals surface area (Å²) in [6.07, 6.45) is 5.01. The molecule has 3 nitrogen and oxygen atoms in total. The van der Waals surface area contributed by atoms with Crippen LogP contribution in [0.15, 0.2) is 24.3 Å². The minimum absolute atomic E-state index is 0.163. The second kappa shape index (κ2) is 7.81. The molecular formula is C17H25ClN2O. The molecule has 2 N–H and O–H groups in total. The number of carbonyl (C=O) groups is 1. The second-order valence-electron chi connectivity index (χ2n) is 5.80. The zero-order valence-corrected chi connectivity index (χ0v) is 13.5. The molecule has 2 atom stereocenters. The summed E-state index contributed by atoms with van der Waals surface area (Å²) in [7, 11) is 0. The van der Waals surface area contributed by atoms with Crippen LogP contribution < -0.4 is 5.73 Å². The predicted molar refractivity (Wildman–Crippen MR) is 87.3 cm³/mol. The van der Waals surface area contributed by atoms with E-state index in [1.807, 2.05) is 36.1 Å². The van der Waals surface area contributed by atoms with Crippen LogP contribution >= 0.6 is 11.6 Å². The van der Waals surface area contributed by atoms with Crippen molar-refractivity contribution in [2.75, 3.05) is 13.1 Å². The van der Waals surface area contributed by atoms with E-state index in [-0.39, 0.29) is 5.91 Å². The van der Waals surface area contributed by atoms with Crippen LogP contribution in [0.5, 0.6) is 0 Å². The van der Waals surface area contributed by atoms with Crippen LogP contribution in [0.4, 0.5) is 0 Å². The van der Waals surface area contributed by atoms with Crippen molar-refractivity contribution in [2.45, 2.75) is 45.1 Å². The Bertz CT molecular complexity index is 478. The lowest BCUT2D eigenvalue weighted by molar-refractivity contribution is -0.134. The maximum atomic E-state index is 12.7. The number of nitrogens with two attached hydrogens (primary N) is 1. The van der Waals surface area contributed by atoms with E-state index in [1.54, 1.807) is 0 Å². The lowest BCUT2D eigenvalue weighted by Crippen LogP contribution is -2.48. The summed E-state index contributed by atoms with van der Waals surface area (Å²) in [6.45, 7) is 3.46. The highest BCUT2D eigenvalue weighted by Gasteiger charge is 2.31. The third-order valence-corrected chi connectivity index (χ3v) is 4.90. The van der Waals surface area contributed by atoms with Crippen LogP contribution in [0, 0.1) is 5.92 Å². The third-order valence-electron chi connectivity index (χ3n) is 4.53. The maximum Gasteiger partial charge on any atom is 0.227 e. The topological polar surface area (TPSA) is 46.3 Å². The molecule has 0 heterocycles. The average molecular weight is 309 g/mol. The Balaban J connectivity index is 2.09. The minimum Gasteiger partial charge on any atom is -0.339 e. The lowest BCUT2D eigenvalue weighted by atomic mass is 9.83. The molecule has 1 fully saturated rings. The van der Waals surface area contributed by atoms with Gasteiger partial charge in [0.2, 0.25) is 5.91 Å². The minimum atomic E-state index is 0.163. The zero-order valence-electron chi connectivity index (χ0n) is 12.7. The van der Waals surface area contributed by atoms with E-state index in [9.17, 15) is 4.79 Å². The van der Waals surface area contributed by atoms with Crippen molar-refractivity contribution in [2.24, 2.45) is 11.7 Å². The molecule has 0 bridgehead atoms. The summed E-state index contributed by atoms with van der Waals surface area (Å²) < 4.78 is 0. The Morgan fingerprint density at radius 2 is 2.05 bits per heavy atom. The van der Waals surface area contributed by atoms with E-state index in [4.69, 9.17) is 17.3 Å². The molecule has 0 spiro atoms. The molecule has 4 heteroatoms. The van der Waals surface area contributed by atoms with Crippen LogP contribution in [-0.2, 0) is 11.2 Å². The normalized spacial score (nSPS) is 22.0. The van der Waals surface area contributed by atoms with Crippen molar-refractivity contribution < 1.29 is 4.79 Å². The fourth-order valence-corrected chi connectivity index (χ4v) is 3.58. The number of halogens is 1. The van der Waals surface area contributed by atoms with Crippen LogP contribution in [0.3, 0.4) is 0 Å². The molecule has 2 rings (SSSR count). The Morgan fingerprint density at radius 3 is 2.71 bits per heavy atom. The quantitative estimate of drug-likeness (QED) is 0.907. The number of benzene rings is 1. The number of rotatable bonds is 5. The van der Waals surface area contributed by atoms with E-state index in [2.05, 4.69) is 0 Å². The highest BCUT2D eigenvalue weighted by molar-refractivity contribution is 6.31. The van der Waals surface area contributed by atoms with E-state index < -0.39 is 0 Å². The molecule has 1 saturated carbocycles. The molecule has 0 saturated heterocycles. The van der Waals surface area contributed by atoms with Gasteiger partial charge in [0, 0.05) is 17.6 Å². The van der Waals surface area contributed by atoms with Crippen LogP contribution in [0.1, 0.15) is 38.2 Å². The molecule has 116 valence electrons. The first kappa shape index (κ1) is 16.3. The maximum absolute atomic E-state index is 12.7. The summed E-state index contributed by atoms with van der Waals surface area (Å²) >= 11 is 6.17. The Kier molecular flexibility index (Phi) is 6.07. The van der Waals surface area contributed by atoms with E-state index in [1.165, 1.54) is 12.8 Å². The van der Waals surface area contributed by atoms with Gasteiger partial charge in [-0.3, -0.25) is 4.79 Å². The van der Waals surface area contributed by atoms with E-state index >= 15 is 0 Å². The lowest BCUT2D eigenvalue weighted by Gasteiger charge is -2.39. The molecule has 1 aromatic rings. The summed E-state index contributed by atoms with van der Waals surface area (Å²) in [5, 5.41) is 0.668. The number of nitrogens with zero attached hydrogens (tertiary/aromatic N) is 1. The summed E-state index contributed by atoms with van der Waals surface area (Å²) in [5.41, 5.74) is 6.81. The number of hydrogen-bond donors (Lipinski definition) is 1. The van der Waals surface area contributed by atoms with Crippen molar-refractivity contribution >= 4 is 17.5 Å². The molecule has 1 aromatic carbocycles. The van der Waals surface area contributed by atoms with E-state index in [0.717, 1.165) is 24.9 Å². The first-order valence-electron chi connectivity index (χ1n) is 7.90. The molecule has 1 amide bonds. The fraction of sp³-hybridized carbons (Fsp3) is 0.588. The van der Waals surface area contributed by atoms with Gasteiger partial charge in [-0.2, -0.15) is 0 Å². The molecule has 2 unspecified atom stereocenters. The standard InChI is InChI=1S/C17H25ClN2O/c1-2-20(16-10-6-4-8-14(16)12-19)17(21)11-13-7-3-5-9-15(13)18/h3,5,7,9,14,16H,2,4,6,8,10-12,19H2,1H3. The third kappa shape index (κ3) is 3.98. The van der Waals surface area contributed by atoms with Crippen LogP contribution in [-0.4, -0.2) is 29.9 Å². The number of likely N-dealkylation sites (N-methyl/N-ethyl adjacent to an activating group) is 1. The highest BCUT2D eigenvalue weighted by Crippen LogP contribution is 2.28. The number of carbonyl (C=O) groups excluding carboxylic acids is 1. The largest absolute Gasteiger partial charge is 0.339 e. The van der Waals surface area contributed by atoms with Crippen LogP contribution in [0.2, 0.25) is 5.02 Å². The van der Waals surface area contributed by atoms with Crippen molar-refractivity contribution in [1.82, 2.24) is 4.90 Å². The van der Waals surface area contributed by atoms with Gasteiger partial charge in [0.1, 0.15) is 0 Å². The summed E-state index contributed by atoms with van der Waals surface area (Å²) in [6, 6.07) is 7.87. The van der Waals surface area contributed by atoms with Gasteiger partial charge in [-0.15, -0.1) is 0 Å². The van der Waals surface area contributed by atoms with Gasteiger partial charge >= 0.3 is 0 Å². The Hall–Kier alpha value is -1.06. The molecule has 1 aliphatic rings. The summed E-state index contributed by atoms with van der Waals surface area (Å²) in [5.74, 6) is 0.602. The Morgan fingerprint density at radius 1 is 1.33 bits per heavy atom. The predicted octanol–water partition coefficient (Wildman–Crippen LogP) is 3.25. The Labute approximate surface area is 132 Å². The van der Waals surface area contributed by atoms with Gasteiger partial charge < -0.3 is 10.6 Å². The van der Waals surface area contributed by atoms with Gasteiger partial charge in [0.15, 0.2) is 0 Å². The molecule has 1 aliphatic carbocycles. The smallest absolute Gasteiger partial charge is 0.227 e. The molecule has 0 radical (unpaired) electrons.